The zero-order valence-corrected chi connectivity index (χ0v) is 14.5. The van der Waals surface area contributed by atoms with Crippen LogP contribution in [0.4, 0.5) is 4.39 Å². The molecule has 1 aromatic carbocycles. The molecule has 0 aliphatic carbocycles. The maximum atomic E-state index is 13.2. The van der Waals surface area contributed by atoms with Crippen molar-refractivity contribution < 1.29 is 13.9 Å². The molecule has 1 N–H and O–H groups in total. The second kappa shape index (κ2) is 8.25. The Labute approximate surface area is 147 Å². The van der Waals surface area contributed by atoms with Gasteiger partial charge in [-0.15, -0.1) is 0 Å². The summed E-state index contributed by atoms with van der Waals surface area (Å²) in [4.78, 5) is 14.9. The first-order valence-corrected chi connectivity index (χ1v) is 8.89. The Morgan fingerprint density at radius 2 is 2.16 bits per heavy atom. The maximum Gasteiger partial charge on any atom is 0.257 e. The van der Waals surface area contributed by atoms with Gasteiger partial charge in [0, 0.05) is 25.3 Å². The third-order valence-electron chi connectivity index (χ3n) is 4.48. The highest BCUT2D eigenvalue weighted by atomic mass is 19.1. The van der Waals surface area contributed by atoms with E-state index in [9.17, 15) is 9.18 Å². The number of halogens is 1. The number of nitrogens with zero attached hydrogens (tertiary/aromatic N) is 2. The Morgan fingerprint density at radius 3 is 2.84 bits per heavy atom. The first kappa shape index (κ1) is 17.6. The van der Waals surface area contributed by atoms with Crippen molar-refractivity contribution in [3.8, 4) is 11.3 Å². The molecule has 1 amide bonds. The van der Waals surface area contributed by atoms with Gasteiger partial charge >= 0.3 is 0 Å². The van der Waals surface area contributed by atoms with Crippen molar-refractivity contribution in [2.75, 3.05) is 19.7 Å². The molecular formula is C19H24FN3O2. The number of aromatic amines is 1. The number of hydrogen-bond acceptors (Lipinski definition) is 3. The Kier molecular flexibility index (Phi) is 5.81. The van der Waals surface area contributed by atoms with Gasteiger partial charge in [0.2, 0.25) is 0 Å². The molecule has 1 fully saturated rings. The average molecular weight is 345 g/mol. The van der Waals surface area contributed by atoms with Crippen LogP contribution in [0.1, 0.15) is 43.0 Å². The number of carbonyl (C=O) groups is 1. The summed E-state index contributed by atoms with van der Waals surface area (Å²) in [6.45, 7) is 4.09. The molecule has 1 saturated heterocycles. The van der Waals surface area contributed by atoms with Crippen molar-refractivity contribution in [2.24, 2.45) is 0 Å². The van der Waals surface area contributed by atoms with E-state index in [1.807, 2.05) is 4.90 Å². The smallest absolute Gasteiger partial charge is 0.257 e. The van der Waals surface area contributed by atoms with Gasteiger partial charge < -0.3 is 9.64 Å². The predicted octanol–water partition coefficient (Wildman–Crippen LogP) is 3.64. The quantitative estimate of drug-likeness (QED) is 0.870. The van der Waals surface area contributed by atoms with Crippen LogP contribution < -0.4 is 0 Å². The van der Waals surface area contributed by atoms with Gasteiger partial charge in [0.15, 0.2) is 0 Å². The van der Waals surface area contributed by atoms with Crippen LogP contribution >= 0.6 is 0 Å². The van der Waals surface area contributed by atoms with Crippen LogP contribution in [0.3, 0.4) is 0 Å². The molecule has 0 spiro atoms. The number of amides is 1. The zero-order valence-electron chi connectivity index (χ0n) is 14.5. The fraction of sp³-hybridized carbons (Fsp3) is 0.474. The van der Waals surface area contributed by atoms with Crippen molar-refractivity contribution in [3.63, 3.8) is 0 Å². The van der Waals surface area contributed by atoms with Gasteiger partial charge in [0.25, 0.3) is 5.91 Å². The normalized spacial score (nSPS) is 17.4. The third kappa shape index (κ3) is 4.25. The first-order valence-electron chi connectivity index (χ1n) is 8.89. The summed E-state index contributed by atoms with van der Waals surface area (Å²) >= 11 is 0. The van der Waals surface area contributed by atoms with E-state index in [1.165, 1.54) is 12.1 Å². The summed E-state index contributed by atoms with van der Waals surface area (Å²) in [5, 5.41) is 6.91. The zero-order chi connectivity index (χ0) is 17.6. The number of H-pyrrole nitrogens is 1. The van der Waals surface area contributed by atoms with Gasteiger partial charge in [-0.2, -0.15) is 5.10 Å². The monoisotopic (exact) mass is 345 g/mol. The van der Waals surface area contributed by atoms with Crippen molar-refractivity contribution in [2.45, 2.75) is 38.7 Å². The molecule has 3 rings (SSSR count). The Bertz CT molecular complexity index is 693. The molecule has 1 atom stereocenters. The first-order chi connectivity index (χ1) is 12.2. The molecule has 2 heterocycles. The second-order valence-corrected chi connectivity index (χ2v) is 6.41. The van der Waals surface area contributed by atoms with E-state index in [-0.39, 0.29) is 17.8 Å². The summed E-state index contributed by atoms with van der Waals surface area (Å²) in [7, 11) is 0. The number of ether oxygens (including phenoxy) is 1. The van der Waals surface area contributed by atoms with Crippen LogP contribution in [0.25, 0.3) is 11.3 Å². The minimum absolute atomic E-state index is 0.0656. The number of carbonyl (C=O) groups excluding carboxylic acids is 1. The lowest BCUT2D eigenvalue weighted by atomic mass is 10.1. The Morgan fingerprint density at radius 1 is 1.36 bits per heavy atom. The van der Waals surface area contributed by atoms with Crippen LogP contribution in [0.2, 0.25) is 0 Å². The Balaban J connectivity index is 1.80. The highest BCUT2D eigenvalue weighted by molar-refractivity contribution is 5.99. The fourth-order valence-corrected chi connectivity index (χ4v) is 3.20. The molecule has 1 aromatic heterocycles. The lowest BCUT2D eigenvalue weighted by molar-refractivity contribution is -0.00382. The van der Waals surface area contributed by atoms with Crippen molar-refractivity contribution in [1.29, 1.82) is 0 Å². The molecule has 0 bridgehead atoms. The number of rotatable bonds is 6. The topological polar surface area (TPSA) is 58.2 Å². The van der Waals surface area contributed by atoms with E-state index in [0.29, 0.717) is 24.3 Å². The standard InChI is InChI=1S/C19H24FN3O2/c1-2-10-23(13-16-5-3-4-11-25-16)19(24)17-12-21-22-18(17)14-6-8-15(20)9-7-14/h6-9,12,16H,2-5,10-11,13H2,1H3,(H,21,22). The maximum absolute atomic E-state index is 13.2. The highest BCUT2D eigenvalue weighted by Crippen LogP contribution is 2.23. The van der Waals surface area contributed by atoms with E-state index in [1.54, 1.807) is 18.3 Å². The average Bonchev–Trinajstić information content (AvgIpc) is 3.12. The molecule has 1 aliphatic rings. The van der Waals surface area contributed by atoms with Crippen LogP contribution in [0.5, 0.6) is 0 Å². The van der Waals surface area contributed by atoms with E-state index < -0.39 is 0 Å². The summed E-state index contributed by atoms with van der Waals surface area (Å²) < 4.78 is 19.0. The van der Waals surface area contributed by atoms with Gasteiger partial charge in [0.05, 0.1) is 23.6 Å². The minimum Gasteiger partial charge on any atom is -0.376 e. The van der Waals surface area contributed by atoms with E-state index >= 15 is 0 Å². The van der Waals surface area contributed by atoms with Gasteiger partial charge in [-0.1, -0.05) is 6.92 Å². The molecule has 6 heteroatoms. The SMILES string of the molecule is CCCN(CC1CCCCO1)C(=O)c1cn[nH]c1-c1ccc(F)cc1. The number of hydrogen-bond donors (Lipinski definition) is 1. The molecule has 1 aliphatic heterocycles. The summed E-state index contributed by atoms with van der Waals surface area (Å²) in [5.74, 6) is -0.373. The molecule has 134 valence electrons. The molecule has 0 saturated carbocycles. The fourth-order valence-electron chi connectivity index (χ4n) is 3.20. The van der Waals surface area contributed by atoms with Gasteiger partial charge in [-0.05, 0) is 49.9 Å². The molecule has 2 aromatic rings. The third-order valence-corrected chi connectivity index (χ3v) is 4.48. The van der Waals surface area contributed by atoms with E-state index in [2.05, 4.69) is 17.1 Å². The summed E-state index contributed by atoms with van der Waals surface area (Å²) in [5.41, 5.74) is 1.87. The van der Waals surface area contributed by atoms with E-state index in [4.69, 9.17) is 4.74 Å². The summed E-state index contributed by atoms with van der Waals surface area (Å²) in [6, 6.07) is 6.05. The number of benzene rings is 1. The van der Waals surface area contributed by atoms with Crippen LogP contribution in [-0.4, -0.2) is 46.8 Å². The van der Waals surface area contributed by atoms with Crippen LogP contribution in [0.15, 0.2) is 30.5 Å². The highest BCUT2D eigenvalue weighted by Gasteiger charge is 2.25. The number of aromatic nitrogens is 2. The molecule has 0 radical (unpaired) electrons. The largest absolute Gasteiger partial charge is 0.376 e. The van der Waals surface area contributed by atoms with Crippen molar-refractivity contribution >= 4 is 5.91 Å². The van der Waals surface area contributed by atoms with Gasteiger partial charge in [-0.25, -0.2) is 4.39 Å². The number of nitrogens with one attached hydrogen (secondary N) is 1. The van der Waals surface area contributed by atoms with Crippen LogP contribution in [0, 0.1) is 5.82 Å². The van der Waals surface area contributed by atoms with Crippen molar-refractivity contribution in [1.82, 2.24) is 15.1 Å². The molecule has 1 unspecified atom stereocenters. The molecular weight excluding hydrogens is 321 g/mol. The van der Waals surface area contributed by atoms with Crippen molar-refractivity contribution in [3.05, 3.63) is 41.8 Å². The molecule has 5 nitrogen and oxygen atoms in total. The lowest BCUT2D eigenvalue weighted by Gasteiger charge is -2.29. The van der Waals surface area contributed by atoms with E-state index in [0.717, 1.165) is 37.9 Å². The minimum atomic E-state index is -0.307. The van der Waals surface area contributed by atoms with Crippen LogP contribution in [-0.2, 0) is 4.74 Å². The second-order valence-electron chi connectivity index (χ2n) is 6.41. The molecule has 25 heavy (non-hydrogen) atoms. The van der Waals surface area contributed by atoms with Gasteiger partial charge in [-0.3, -0.25) is 9.89 Å². The lowest BCUT2D eigenvalue weighted by Crippen LogP contribution is -2.40. The Hall–Kier alpha value is -2.21. The summed E-state index contributed by atoms with van der Waals surface area (Å²) in [6.07, 6.45) is 5.75. The van der Waals surface area contributed by atoms with Gasteiger partial charge in [0.1, 0.15) is 5.82 Å². The predicted molar refractivity (Wildman–Crippen MR) is 93.8 cm³/mol.